The predicted molar refractivity (Wildman–Crippen MR) is 93.8 cm³/mol. The van der Waals surface area contributed by atoms with Gasteiger partial charge in [-0.05, 0) is 30.0 Å². The third-order valence-corrected chi connectivity index (χ3v) is 4.63. The Kier molecular flexibility index (Phi) is 2.59. The van der Waals surface area contributed by atoms with Gasteiger partial charge in [-0.2, -0.15) is 0 Å². The average Bonchev–Trinajstić information content (AvgIpc) is 3.21. The number of aromatic nitrogens is 1. The zero-order valence-electron chi connectivity index (χ0n) is 13.1. The Bertz CT molecular complexity index is 1090. The van der Waals surface area contributed by atoms with Crippen LogP contribution in [0.1, 0.15) is 5.56 Å². The van der Waals surface area contributed by atoms with E-state index in [9.17, 15) is 5.11 Å². The Hall–Kier alpha value is -3.14. The molecular weight excluding hydrogens is 302 g/mol. The summed E-state index contributed by atoms with van der Waals surface area (Å²) in [5, 5.41) is 14.0. The molecule has 2 N–H and O–H groups in total. The number of hydrogen-bond acceptors (Lipinski definition) is 3. The third-order valence-electron chi connectivity index (χ3n) is 4.63. The topological polar surface area (TPSA) is 54.5 Å². The van der Waals surface area contributed by atoms with Crippen LogP contribution in [-0.4, -0.2) is 16.9 Å². The van der Waals surface area contributed by atoms with Crippen molar-refractivity contribution in [1.29, 1.82) is 0 Å². The molecule has 0 aliphatic carbocycles. The van der Waals surface area contributed by atoms with Gasteiger partial charge in [0.05, 0.1) is 0 Å². The normalized spacial score (nSPS) is 13.0. The Morgan fingerprint density at radius 3 is 2.67 bits per heavy atom. The molecule has 0 fully saturated rings. The van der Waals surface area contributed by atoms with Gasteiger partial charge in [-0.1, -0.05) is 35.9 Å². The summed E-state index contributed by atoms with van der Waals surface area (Å²) in [5.74, 6) is 1.71. The molecule has 0 saturated carbocycles. The summed E-state index contributed by atoms with van der Waals surface area (Å²) in [5.41, 5.74) is 3.33. The highest BCUT2D eigenvalue weighted by Crippen LogP contribution is 2.47. The number of hydrogen-bond donors (Lipinski definition) is 2. The molecule has 0 radical (unpaired) electrons. The summed E-state index contributed by atoms with van der Waals surface area (Å²) in [7, 11) is 0. The van der Waals surface area contributed by atoms with Gasteiger partial charge in [0.1, 0.15) is 0 Å². The third kappa shape index (κ3) is 1.74. The standard InChI is InChI=1S/C20H15NO3/c1-11-2-4-12(5-3-11)17-15-9-21-20(22)14(15)8-13-6-7-16-19(18(13)17)24-10-23-16/h2-9,21-22H,10H2,1H3. The van der Waals surface area contributed by atoms with Gasteiger partial charge >= 0.3 is 0 Å². The van der Waals surface area contributed by atoms with Crippen molar-refractivity contribution in [3.8, 4) is 28.5 Å². The zero-order valence-corrected chi connectivity index (χ0v) is 13.1. The van der Waals surface area contributed by atoms with Crippen molar-refractivity contribution in [1.82, 2.24) is 4.98 Å². The maximum atomic E-state index is 10.2. The van der Waals surface area contributed by atoms with E-state index in [1.54, 1.807) is 0 Å². The number of H-pyrrole nitrogens is 1. The second-order valence-corrected chi connectivity index (χ2v) is 6.11. The van der Waals surface area contributed by atoms with Gasteiger partial charge in [-0.3, -0.25) is 0 Å². The van der Waals surface area contributed by atoms with E-state index in [-0.39, 0.29) is 12.7 Å². The van der Waals surface area contributed by atoms with Crippen molar-refractivity contribution in [2.24, 2.45) is 0 Å². The fraction of sp³-hybridized carbons (Fsp3) is 0.100. The summed E-state index contributed by atoms with van der Waals surface area (Å²) in [6.07, 6.45) is 1.84. The molecule has 4 nitrogen and oxygen atoms in total. The molecule has 0 amide bonds. The van der Waals surface area contributed by atoms with Crippen LogP contribution in [0, 0.1) is 6.92 Å². The fourth-order valence-electron chi connectivity index (χ4n) is 3.45. The van der Waals surface area contributed by atoms with Gasteiger partial charge in [0.15, 0.2) is 17.4 Å². The number of aromatic amines is 1. The maximum Gasteiger partial charge on any atom is 0.231 e. The highest BCUT2D eigenvalue weighted by molar-refractivity contribution is 6.16. The summed E-state index contributed by atoms with van der Waals surface area (Å²) in [6, 6.07) is 14.3. The van der Waals surface area contributed by atoms with Gasteiger partial charge in [0.25, 0.3) is 0 Å². The summed E-state index contributed by atoms with van der Waals surface area (Å²) >= 11 is 0. The molecular formula is C20H15NO3. The fourth-order valence-corrected chi connectivity index (χ4v) is 3.45. The van der Waals surface area contributed by atoms with Crippen LogP contribution >= 0.6 is 0 Å². The lowest BCUT2D eigenvalue weighted by molar-refractivity contribution is 0.175. The molecule has 0 bridgehead atoms. The van der Waals surface area contributed by atoms with Crippen molar-refractivity contribution in [2.45, 2.75) is 6.92 Å². The summed E-state index contributed by atoms with van der Waals surface area (Å²) < 4.78 is 11.3. The van der Waals surface area contributed by atoms with E-state index in [4.69, 9.17) is 9.47 Å². The van der Waals surface area contributed by atoms with E-state index in [2.05, 4.69) is 36.2 Å². The van der Waals surface area contributed by atoms with Crippen LogP contribution in [0.3, 0.4) is 0 Å². The van der Waals surface area contributed by atoms with Crippen molar-refractivity contribution in [3.05, 3.63) is 54.2 Å². The lowest BCUT2D eigenvalue weighted by Gasteiger charge is -2.12. The minimum Gasteiger partial charge on any atom is -0.494 e. The van der Waals surface area contributed by atoms with Crippen LogP contribution in [0.4, 0.5) is 0 Å². The highest BCUT2D eigenvalue weighted by Gasteiger charge is 2.22. The number of benzene rings is 3. The molecule has 1 aliphatic rings. The van der Waals surface area contributed by atoms with E-state index in [0.717, 1.165) is 44.2 Å². The summed E-state index contributed by atoms with van der Waals surface area (Å²) in [4.78, 5) is 2.92. The van der Waals surface area contributed by atoms with E-state index in [1.807, 2.05) is 24.4 Å². The van der Waals surface area contributed by atoms with E-state index >= 15 is 0 Å². The number of nitrogens with one attached hydrogen (secondary N) is 1. The number of fused-ring (bicyclic) bond motifs is 4. The van der Waals surface area contributed by atoms with Crippen LogP contribution in [0.25, 0.3) is 32.7 Å². The molecule has 24 heavy (non-hydrogen) atoms. The maximum absolute atomic E-state index is 10.2. The van der Waals surface area contributed by atoms with Crippen LogP contribution in [0.15, 0.2) is 48.7 Å². The van der Waals surface area contributed by atoms with Gasteiger partial charge in [0, 0.05) is 27.9 Å². The Morgan fingerprint density at radius 2 is 1.83 bits per heavy atom. The molecule has 4 aromatic rings. The highest BCUT2D eigenvalue weighted by atomic mass is 16.7. The molecule has 118 valence electrons. The van der Waals surface area contributed by atoms with Crippen LogP contribution in [0.5, 0.6) is 17.4 Å². The van der Waals surface area contributed by atoms with Crippen LogP contribution in [0.2, 0.25) is 0 Å². The van der Waals surface area contributed by atoms with Crippen molar-refractivity contribution in [2.75, 3.05) is 6.79 Å². The summed E-state index contributed by atoms with van der Waals surface area (Å²) in [6.45, 7) is 2.30. The minimum absolute atomic E-state index is 0.179. The zero-order chi connectivity index (χ0) is 16.3. The Balaban J connectivity index is 1.99. The first-order valence-electron chi connectivity index (χ1n) is 7.85. The SMILES string of the molecule is Cc1ccc(-c2c3c[nH]c(O)c3cc3ccc4c(c23)OCO4)cc1. The molecule has 1 aliphatic heterocycles. The largest absolute Gasteiger partial charge is 0.494 e. The van der Waals surface area contributed by atoms with E-state index in [1.165, 1.54) is 5.56 Å². The first kappa shape index (κ1) is 13.3. The lowest BCUT2D eigenvalue weighted by Crippen LogP contribution is -1.93. The van der Waals surface area contributed by atoms with Gasteiger partial charge in [0.2, 0.25) is 6.79 Å². The lowest BCUT2D eigenvalue weighted by atomic mass is 9.92. The number of ether oxygens (including phenoxy) is 2. The van der Waals surface area contributed by atoms with Gasteiger partial charge < -0.3 is 19.6 Å². The molecule has 3 aromatic carbocycles. The second-order valence-electron chi connectivity index (χ2n) is 6.11. The number of aromatic hydroxyl groups is 1. The molecule has 1 aromatic heterocycles. The smallest absolute Gasteiger partial charge is 0.231 e. The van der Waals surface area contributed by atoms with Crippen LogP contribution < -0.4 is 9.47 Å². The molecule has 0 saturated heterocycles. The first-order valence-corrected chi connectivity index (χ1v) is 7.85. The number of rotatable bonds is 1. The molecule has 2 heterocycles. The predicted octanol–water partition coefficient (Wildman–Crippen LogP) is 4.73. The molecule has 0 spiro atoms. The molecule has 0 unspecified atom stereocenters. The average molecular weight is 317 g/mol. The monoisotopic (exact) mass is 317 g/mol. The van der Waals surface area contributed by atoms with E-state index < -0.39 is 0 Å². The molecule has 0 atom stereocenters. The Morgan fingerprint density at radius 1 is 1.00 bits per heavy atom. The van der Waals surface area contributed by atoms with Crippen LogP contribution in [-0.2, 0) is 0 Å². The number of aryl methyl sites for hydroxylation is 1. The minimum atomic E-state index is 0.179. The quantitative estimate of drug-likeness (QED) is 0.533. The van der Waals surface area contributed by atoms with Gasteiger partial charge in [-0.25, -0.2) is 0 Å². The van der Waals surface area contributed by atoms with Crippen molar-refractivity contribution < 1.29 is 14.6 Å². The van der Waals surface area contributed by atoms with Crippen molar-refractivity contribution in [3.63, 3.8) is 0 Å². The van der Waals surface area contributed by atoms with Gasteiger partial charge in [-0.15, -0.1) is 0 Å². The first-order chi connectivity index (χ1) is 11.7. The molecule has 4 heteroatoms. The van der Waals surface area contributed by atoms with Crippen molar-refractivity contribution >= 4 is 21.5 Å². The molecule has 5 rings (SSSR count). The van der Waals surface area contributed by atoms with E-state index in [0.29, 0.717) is 0 Å². The Labute approximate surface area is 138 Å². The second kappa shape index (κ2) is 4.68.